The summed E-state index contributed by atoms with van der Waals surface area (Å²) in [6, 6.07) is 15.4. The number of rotatable bonds is 9. The van der Waals surface area contributed by atoms with E-state index in [4.69, 9.17) is 4.74 Å². The lowest BCUT2D eigenvalue weighted by molar-refractivity contribution is -0.133. The summed E-state index contributed by atoms with van der Waals surface area (Å²) in [5.74, 6) is -0.220. The van der Waals surface area contributed by atoms with E-state index in [1.54, 1.807) is 16.4 Å². The van der Waals surface area contributed by atoms with Crippen molar-refractivity contribution < 1.29 is 19.1 Å². The molecule has 0 saturated heterocycles. The highest BCUT2D eigenvalue weighted by Gasteiger charge is 2.53. The molecule has 0 bridgehead atoms. The third kappa shape index (κ3) is 5.01. The van der Waals surface area contributed by atoms with Crippen molar-refractivity contribution in [2.75, 3.05) is 6.61 Å². The number of nitrogens with zero attached hydrogens (tertiary/aromatic N) is 3. The summed E-state index contributed by atoms with van der Waals surface area (Å²) in [4.78, 5) is 46.3. The smallest absolute Gasteiger partial charge is 0.274 e. The van der Waals surface area contributed by atoms with E-state index < -0.39 is 11.4 Å². The van der Waals surface area contributed by atoms with Gasteiger partial charge in [-0.25, -0.2) is 4.98 Å². The van der Waals surface area contributed by atoms with Crippen LogP contribution in [0.4, 0.5) is 0 Å². The maximum Gasteiger partial charge on any atom is 0.274 e. The first-order valence-corrected chi connectivity index (χ1v) is 13.0. The lowest BCUT2D eigenvalue weighted by Crippen LogP contribution is -2.64. The Kier molecular flexibility index (Phi) is 6.93. The van der Waals surface area contributed by atoms with Gasteiger partial charge in [-0.1, -0.05) is 42.0 Å². The van der Waals surface area contributed by atoms with E-state index >= 15 is 0 Å². The van der Waals surface area contributed by atoms with E-state index in [1.807, 2.05) is 62.4 Å². The van der Waals surface area contributed by atoms with Crippen molar-refractivity contribution in [3.63, 3.8) is 0 Å². The lowest BCUT2D eigenvalue weighted by atomic mass is 9.93. The Morgan fingerprint density at radius 2 is 1.82 bits per heavy atom. The van der Waals surface area contributed by atoms with E-state index in [2.05, 4.69) is 15.6 Å². The monoisotopic (exact) mass is 515 g/mol. The third-order valence-electron chi connectivity index (χ3n) is 7.11. The minimum Gasteiger partial charge on any atom is -0.494 e. The van der Waals surface area contributed by atoms with Gasteiger partial charge in [-0.05, 0) is 56.9 Å². The van der Waals surface area contributed by atoms with Gasteiger partial charge in [-0.15, -0.1) is 0 Å². The molecule has 2 aliphatic rings. The first-order valence-electron chi connectivity index (χ1n) is 13.0. The van der Waals surface area contributed by atoms with Crippen LogP contribution in [0.5, 0.6) is 5.75 Å². The number of nitrogens with one attached hydrogen (secondary N) is 2. The fourth-order valence-corrected chi connectivity index (χ4v) is 5.05. The minimum absolute atomic E-state index is 0.0272. The van der Waals surface area contributed by atoms with Gasteiger partial charge in [0, 0.05) is 19.1 Å². The van der Waals surface area contributed by atoms with Crippen molar-refractivity contribution in [3.8, 4) is 5.75 Å². The summed E-state index contributed by atoms with van der Waals surface area (Å²) in [5.41, 5.74) is 2.23. The normalized spacial score (nSPS) is 18.6. The fraction of sp³-hybridized carbons (Fsp3) is 0.379. The molecule has 3 aromatic rings. The van der Waals surface area contributed by atoms with Crippen molar-refractivity contribution in [2.45, 2.75) is 64.8 Å². The first kappa shape index (κ1) is 25.5. The molecule has 9 nitrogen and oxygen atoms in total. The van der Waals surface area contributed by atoms with E-state index in [9.17, 15) is 14.4 Å². The highest BCUT2D eigenvalue weighted by atomic mass is 16.5. The molecule has 1 aliphatic heterocycles. The first-order chi connectivity index (χ1) is 18.3. The van der Waals surface area contributed by atoms with Crippen molar-refractivity contribution in [1.29, 1.82) is 0 Å². The zero-order valence-corrected chi connectivity index (χ0v) is 22.0. The van der Waals surface area contributed by atoms with Crippen LogP contribution in [0.15, 0.2) is 54.9 Å². The van der Waals surface area contributed by atoms with Crippen LogP contribution in [0.25, 0.3) is 0 Å². The Morgan fingerprint density at radius 3 is 2.50 bits per heavy atom. The Hall–Kier alpha value is -4.14. The second kappa shape index (κ2) is 10.3. The molecular weight excluding hydrogens is 482 g/mol. The van der Waals surface area contributed by atoms with E-state index in [0.717, 1.165) is 35.3 Å². The molecule has 2 aromatic carbocycles. The van der Waals surface area contributed by atoms with Crippen molar-refractivity contribution in [3.05, 3.63) is 82.9 Å². The molecule has 0 spiro atoms. The summed E-state index contributed by atoms with van der Waals surface area (Å²) in [6.45, 7) is 7.20. The molecule has 2 N–H and O–H groups in total. The molecule has 5 rings (SSSR count). The van der Waals surface area contributed by atoms with Crippen LogP contribution < -0.4 is 15.4 Å². The molecule has 1 aliphatic carbocycles. The van der Waals surface area contributed by atoms with Gasteiger partial charge in [0.2, 0.25) is 5.91 Å². The zero-order valence-electron chi connectivity index (χ0n) is 22.0. The van der Waals surface area contributed by atoms with Gasteiger partial charge < -0.3 is 24.8 Å². The molecule has 0 unspecified atom stereocenters. The van der Waals surface area contributed by atoms with Crippen LogP contribution >= 0.6 is 0 Å². The Bertz CT molecular complexity index is 1360. The average molecular weight is 516 g/mol. The SMILES string of the molecule is CCOc1ccc(CNC(=O)c2ncn3c2C(=O)N(C2CC2)[C@](C)(C(=O)NCc2cccc(C)c2)C3)cc1. The van der Waals surface area contributed by atoms with E-state index in [0.29, 0.717) is 13.2 Å². The highest BCUT2D eigenvalue weighted by Crippen LogP contribution is 2.38. The molecule has 38 heavy (non-hydrogen) atoms. The largest absolute Gasteiger partial charge is 0.494 e. The number of amides is 3. The average Bonchev–Trinajstić information content (AvgIpc) is 3.64. The standard InChI is InChI=1S/C29H33N5O4/c1-4-38-23-12-8-20(9-13-23)15-30-26(35)24-25-27(36)34(22-10-11-22)29(3,17-33(25)18-32-24)28(37)31-16-21-7-5-6-19(2)14-21/h5-9,12-14,18,22H,4,10-11,15-17H2,1-3H3,(H,30,35)(H,31,37)/t29-/m0/s1. The second-order valence-electron chi connectivity index (χ2n) is 10.2. The quantitative estimate of drug-likeness (QED) is 0.455. The molecule has 3 amide bonds. The van der Waals surface area contributed by atoms with Crippen LogP contribution in [0.3, 0.4) is 0 Å². The number of hydrogen-bond acceptors (Lipinski definition) is 5. The summed E-state index contributed by atoms with van der Waals surface area (Å²) in [7, 11) is 0. The van der Waals surface area contributed by atoms with E-state index in [1.165, 1.54) is 6.33 Å². The van der Waals surface area contributed by atoms with Gasteiger partial charge in [-0.2, -0.15) is 0 Å². The number of ether oxygens (including phenoxy) is 1. The van der Waals surface area contributed by atoms with Crippen LogP contribution in [0.2, 0.25) is 0 Å². The van der Waals surface area contributed by atoms with Crippen LogP contribution in [-0.2, 0) is 24.4 Å². The van der Waals surface area contributed by atoms with Gasteiger partial charge in [0.15, 0.2) is 5.69 Å². The second-order valence-corrected chi connectivity index (χ2v) is 10.2. The molecule has 0 radical (unpaired) electrons. The Balaban J connectivity index is 1.32. The van der Waals surface area contributed by atoms with Crippen LogP contribution in [0, 0.1) is 6.92 Å². The third-order valence-corrected chi connectivity index (χ3v) is 7.11. The summed E-state index contributed by atoms with van der Waals surface area (Å²) in [6.07, 6.45) is 3.15. The molecular formula is C29H33N5O4. The predicted molar refractivity (Wildman–Crippen MR) is 142 cm³/mol. The fourth-order valence-electron chi connectivity index (χ4n) is 5.05. The van der Waals surface area contributed by atoms with Crippen LogP contribution in [0.1, 0.15) is 64.4 Å². The molecule has 9 heteroatoms. The molecule has 2 heterocycles. The van der Waals surface area contributed by atoms with Gasteiger partial charge >= 0.3 is 0 Å². The topological polar surface area (TPSA) is 106 Å². The molecule has 1 atom stereocenters. The van der Waals surface area contributed by atoms with Gasteiger partial charge in [0.1, 0.15) is 17.0 Å². The zero-order chi connectivity index (χ0) is 26.9. The number of aromatic nitrogens is 2. The maximum absolute atomic E-state index is 13.8. The van der Waals surface area contributed by atoms with Gasteiger partial charge in [-0.3, -0.25) is 14.4 Å². The maximum atomic E-state index is 13.8. The van der Waals surface area contributed by atoms with Crippen molar-refractivity contribution in [1.82, 2.24) is 25.1 Å². The molecule has 1 aromatic heterocycles. The van der Waals surface area contributed by atoms with Crippen molar-refractivity contribution >= 4 is 17.7 Å². The minimum atomic E-state index is -1.09. The summed E-state index contributed by atoms with van der Waals surface area (Å²) >= 11 is 0. The van der Waals surface area contributed by atoms with Crippen LogP contribution in [-0.4, -0.2) is 50.4 Å². The lowest BCUT2D eigenvalue weighted by Gasteiger charge is -2.44. The number of hydrogen-bond donors (Lipinski definition) is 2. The van der Waals surface area contributed by atoms with Gasteiger partial charge in [0.05, 0.1) is 19.5 Å². The van der Waals surface area contributed by atoms with Crippen molar-refractivity contribution in [2.24, 2.45) is 0 Å². The predicted octanol–water partition coefficient (Wildman–Crippen LogP) is 3.21. The number of imidazole rings is 1. The number of carbonyl (C=O) groups is 3. The van der Waals surface area contributed by atoms with Gasteiger partial charge in [0.25, 0.3) is 11.8 Å². The van der Waals surface area contributed by atoms with E-state index in [-0.39, 0.29) is 42.3 Å². The highest BCUT2D eigenvalue weighted by molar-refractivity contribution is 6.07. The Morgan fingerprint density at radius 1 is 1.08 bits per heavy atom. The number of carbonyl (C=O) groups excluding carboxylic acids is 3. The number of aryl methyl sites for hydroxylation is 1. The molecule has 1 saturated carbocycles. The molecule has 1 fully saturated rings. The molecule has 198 valence electrons. The number of benzene rings is 2. The summed E-state index contributed by atoms with van der Waals surface area (Å²) in [5, 5.41) is 5.89. The summed E-state index contributed by atoms with van der Waals surface area (Å²) < 4.78 is 7.10. The number of fused-ring (bicyclic) bond motifs is 1. The Labute approximate surface area is 222 Å².